The number of aromatic nitrogens is 5. The third-order valence-electron chi connectivity index (χ3n) is 8.00. The Morgan fingerprint density at radius 2 is 2.03 bits per heavy atom. The van der Waals surface area contributed by atoms with Crippen molar-refractivity contribution in [3.8, 4) is 11.4 Å². The molecule has 1 saturated carbocycles. The van der Waals surface area contributed by atoms with Crippen LogP contribution >= 0.6 is 11.6 Å². The number of aryl methyl sites for hydroxylation is 1. The molecule has 5 N–H and O–H groups in total. The second-order valence-corrected chi connectivity index (χ2v) is 10.3. The first-order valence-corrected chi connectivity index (χ1v) is 12.8. The molecule has 1 aliphatic heterocycles. The van der Waals surface area contributed by atoms with Gasteiger partial charge in [-0.1, -0.05) is 29.8 Å². The zero-order valence-corrected chi connectivity index (χ0v) is 21.5. The molecule has 38 heavy (non-hydrogen) atoms. The Labute approximate surface area is 224 Å². The molecule has 9 nitrogen and oxygen atoms in total. The Kier molecular flexibility index (Phi) is 5.88. The van der Waals surface area contributed by atoms with E-state index in [9.17, 15) is 4.39 Å². The van der Waals surface area contributed by atoms with Crippen LogP contribution in [-0.4, -0.2) is 50.1 Å². The third kappa shape index (κ3) is 3.74. The SMILES string of the molecule is Cn1ccc(-c2nccc(C(=N)c3ncc(N4CC[C@@H]5[C@H](C4)[C@@]5(CN)c4ccccc4F)nc3N)c2Cl)n1. The average molecular weight is 532 g/mol. The molecule has 1 aliphatic carbocycles. The van der Waals surface area contributed by atoms with Gasteiger partial charge < -0.3 is 16.4 Å². The predicted octanol–water partition coefficient (Wildman–Crippen LogP) is 3.42. The number of piperidine rings is 1. The van der Waals surface area contributed by atoms with Gasteiger partial charge in [0.05, 0.1) is 16.9 Å². The van der Waals surface area contributed by atoms with E-state index < -0.39 is 0 Å². The Balaban J connectivity index is 1.24. The number of hydrogen-bond acceptors (Lipinski definition) is 8. The van der Waals surface area contributed by atoms with E-state index in [0.29, 0.717) is 52.4 Å². The number of anilines is 2. The van der Waals surface area contributed by atoms with Crippen molar-refractivity contribution in [2.45, 2.75) is 11.8 Å². The summed E-state index contributed by atoms with van der Waals surface area (Å²) >= 11 is 6.64. The van der Waals surface area contributed by atoms with Gasteiger partial charge in [-0.2, -0.15) is 5.10 Å². The smallest absolute Gasteiger partial charge is 0.154 e. The van der Waals surface area contributed by atoms with Crippen molar-refractivity contribution in [1.82, 2.24) is 24.7 Å². The van der Waals surface area contributed by atoms with Crippen molar-refractivity contribution in [1.29, 1.82) is 5.41 Å². The Bertz CT molecular complexity index is 1550. The summed E-state index contributed by atoms with van der Waals surface area (Å²) in [6.07, 6.45) is 5.88. The second kappa shape index (κ2) is 9.14. The van der Waals surface area contributed by atoms with Gasteiger partial charge in [-0.15, -0.1) is 0 Å². The molecule has 0 unspecified atom stereocenters. The van der Waals surface area contributed by atoms with E-state index in [1.54, 1.807) is 41.5 Å². The van der Waals surface area contributed by atoms with Gasteiger partial charge in [0, 0.05) is 50.1 Å². The van der Waals surface area contributed by atoms with Crippen LogP contribution in [0, 0.1) is 23.1 Å². The Hall–Kier alpha value is -3.89. The molecule has 4 heterocycles. The number of nitrogen functional groups attached to an aromatic ring is 1. The minimum Gasteiger partial charge on any atom is -0.382 e. The standard InChI is InChI=1S/C27H27ClFN9/c1-37-10-8-20(36-37)24-22(28)15(6-9-33-24)23(31)25-26(32)35-21(12-34-25)38-11-7-16-18(13-38)27(16,14-30)17-4-2-3-5-19(17)29/h2-6,8-10,12,16,18,31H,7,11,13-14,30H2,1H3,(H2,32,35)/t16-,18+,27-/m1/s1. The van der Waals surface area contributed by atoms with Crippen LogP contribution in [0.2, 0.25) is 5.02 Å². The number of nitrogens with two attached hydrogens (primary N) is 2. The van der Waals surface area contributed by atoms with E-state index in [1.165, 1.54) is 6.07 Å². The third-order valence-corrected chi connectivity index (χ3v) is 8.39. The quantitative estimate of drug-likeness (QED) is 0.324. The molecule has 194 valence electrons. The molecule has 1 aromatic carbocycles. The van der Waals surface area contributed by atoms with Crippen molar-refractivity contribution in [3.05, 3.63) is 82.6 Å². The fourth-order valence-corrected chi connectivity index (χ4v) is 6.36. The predicted molar refractivity (Wildman–Crippen MR) is 145 cm³/mol. The lowest BCUT2D eigenvalue weighted by Crippen LogP contribution is -2.33. The highest BCUT2D eigenvalue weighted by molar-refractivity contribution is 6.37. The van der Waals surface area contributed by atoms with Crippen molar-refractivity contribution in [2.24, 2.45) is 24.6 Å². The van der Waals surface area contributed by atoms with Gasteiger partial charge in [-0.05, 0) is 42.0 Å². The van der Waals surface area contributed by atoms with E-state index in [2.05, 4.69) is 25.0 Å². The number of halogens is 2. The monoisotopic (exact) mass is 531 g/mol. The number of hydrogen-bond donors (Lipinski definition) is 3. The lowest BCUT2D eigenvalue weighted by molar-refractivity contribution is 0.533. The van der Waals surface area contributed by atoms with Crippen LogP contribution in [0.15, 0.2) is 55.0 Å². The Morgan fingerprint density at radius 1 is 1.21 bits per heavy atom. The van der Waals surface area contributed by atoms with Crippen LogP contribution in [0.4, 0.5) is 16.0 Å². The summed E-state index contributed by atoms with van der Waals surface area (Å²) in [5.41, 5.74) is 14.7. The normalized spacial score (nSPS) is 22.3. The van der Waals surface area contributed by atoms with Crippen LogP contribution in [0.3, 0.4) is 0 Å². The number of rotatable bonds is 6. The maximum absolute atomic E-state index is 14.7. The first-order valence-electron chi connectivity index (χ1n) is 12.4. The summed E-state index contributed by atoms with van der Waals surface area (Å²) in [7, 11) is 1.81. The summed E-state index contributed by atoms with van der Waals surface area (Å²) in [5, 5.41) is 13.4. The van der Waals surface area contributed by atoms with E-state index in [0.717, 1.165) is 13.0 Å². The summed E-state index contributed by atoms with van der Waals surface area (Å²) < 4.78 is 16.3. The summed E-state index contributed by atoms with van der Waals surface area (Å²) in [5.74, 6) is 1.11. The second-order valence-electron chi connectivity index (χ2n) is 9.90. The van der Waals surface area contributed by atoms with Crippen LogP contribution < -0.4 is 16.4 Å². The molecule has 3 aromatic heterocycles. The number of pyridine rings is 1. The molecular weight excluding hydrogens is 505 g/mol. The number of fused-ring (bicyclic) bond motifs is 1. The summed E-state index contributed by atoms with van der Waals surface area (Å²) in [6, 6.07) is 10.4. The lowest BCUT2D eigenvalue weighted by Gasteiger charge is -2.27. The molecule has 3 atom stereocenters. The first-order chi connectivity index (χ1) is 18.3. The van der Waals surface area contributed by atoms with E-state index >= 15 is 0 Å². The van der Waals surface area contributed by atoms with Crippen LogP contribution in [0.1, 0.15) is 23.2 Å². The molecule has 0 spiro atoms. The highest BCUT2D eigenvalue weighted by atomic mass is 35.5. The van der Waals surface area contributed by atoms with Gasteiger partial charge in [-0.25, -0.2) is 14.4 Å². The number of benzene rings is 1. The highest BCUT2D eigenvalue weighted by Gasteiger charge is 2.66. The molecule has 0 radical (unpaired) electrons. The minimum atomic E-state index is -0.357. The average Bonchev–Trinajstić information content (AvgIpc) is 3.37. The van der Waals surface area contributed by atoms with Gasteiger partial charge in [-0.3, -0.25) is 15.1 Å². The van der Waals surface area contributed by atoms with Crippen LogP contribution in [0.5, 0.6) is 0 Å². The van der Waals surface area contributed by atoms with Gasteiger partial charge >= 0.3 is 0 Å². The molecular formula is C27H27ClFN9. The maximum Gasteiger partial charge on any atom is 0.154 e. The minimum absolute atomic E-state index is 0.0498. The van der Waals surface area contributed by atoms with E-state index in [4.69, 9.17) is 28.5 Å². The highest BCUT2D eigenvalue weighted by Crippen LogP contribution is 2.63. The molecule has 11 heteroatoms. The molecule has 2 aliphatic rings. The first kappa shape index (κ1) is 24.4. The molecule has 0 amide bonds. The molecule has 0 bridgehead atoms. The fourth-order valence-electron chi connectivity index (χ4n) is 6.06. The lowest BCUT2D eigenvalue weighted by atomic mass is 9.91. The number of nitrogens with one attached hydrogen (secondary N) is 1. The summed E-state index contributed by atoms with van der Waals surface area (Å²) in [4.78, 5) is 15.6. The zero-order valence-electron chi connectivity index (χ0n) is 20.8. The maximum atomic E-state index is 14.7. The summed E-state index contributed by atoms with van der Waals surface area (Å²) in [6.45, 7) is 1.82. The molecule has 6 rings (SSSR count). The number of nitrogens with zero attached hydrogens (tertiary/aromatic N) is 6. The Morgan fingerprint density at radius 3 is 2.74 bits per heavy atom. The van der Waals surface area contributed by atoms with E-state index in [1.807, 2.05) is 19.2 Å². The van der Waals surface area contributed by atoms with Crippen molar-refractivity contribution < 1.29 is 4.39 Å². The van der Waals surface area contributed by atoms with Crippen LogP contribution in [0.25, 0.3) is 11.4 Å². The van der Waals surface area contributed by atoms with Crippen LogP contribution in [-0.2, 0) is 12.5 Å². The van der Waals surface area contributed by atoms with Gasteiger partial charge in [0.1, 0.15) is 28.7 Å². The topological polar surface area (TPSA) is 136 Å². The zero-order chi connectivity index (χ0) is 26.6. The fraction of sp³-hybridized carbons (Fsp3) is 0.296. The van der Waals surface area contributed by atoms with Crippen molar-refractivity contribution >= 4 is 28.9 Å². The van der Waals surface area contributed by atoms with Gasteiger partial charge in [0.2, 0.25) is 0 Å². The molecule has 1 saturated heterocycles. The van der Waals surface area contributed by atoms with Crippen molar-refractivity contribution in [2.75, 3.05) is 30.3 Å². The largest absolute Gasteiger partial charge is 0.382 e. The van der Waals surface area contributed by atoms with Gasteiger partial charge in [0.25, 0.3) is 0 Å². The van der Waals surface area contributed by atoms with E-state index in [-0.39, 0.29) is 34.4 Å². The molecule has 4 aromatic rings. The van der Waals surface area contributed by atoms with Crippen molar-refractivity contribution in [3.63, 3.8) is 0 Å². The van der Waals surface area contributed by atoms with Gasteiger partial charge in [0.15, 0.2) is 5.82 Å². The molecule has 2 fully saturated rings.